The predicted octanol–water partition coefficient (Wildman–Crippen LogP) is 1.62. The van der Waals surface area contributed by atoms with E-state index >= 15 is 0 Å². The molecule has 0 aromatic heterocycles. The molecule has 0 atom stereocenters. The Hall–Kier alpha value is -2.22. The Labute approximate surface area is 107 Å². The smallest absolute Gasteiger partial charge is 0.338 e. The molecule has 1 aromatic rings. The zero-order valence-corrected chi connectivity index (χ0v) is 9.93. The van der Waals surface area contributed by atoms with E-state index in [1.54, 1.807) is 0 Å². The summed E-state index contributed by atoms with van der Waals surface area (Å²) in [4.78, 5) is 20.7. The van der Waals surface area contributed by atoms with Crippen LogP contribution >= 0.6 is 0 Å². The molecule has 0 unspecified atom stereocenters. The van der Waals surface area contributed by atoms with Crippen LogP contribution in [0.15, 0.2) is 12.1 Å². The molecule has 19 heavy (non-hydrogen) atoms. The quantitative estimate of drug-likeness (QED) is 0.395. The van der Waals surface area contributed by atoms with Gasteiger partial charge in [-0.3, -0.25) is 10.1 Å². The van der Waals surface area contributed by atoms with Crippen LogP contribution in [-0.2, 0) is 0 Å². The van der Waals surface area contributed by atoms with Crippen molar-refractivity contribution in [3.05, 3.63) is 33.6 Å². The highest BCUT2D eigenvalue weighted by atomic mass is 19.1. The number of carboxylic acid groups (broad SMARTS) is 1. The first-order valence-corrected chi connectivity index (χ1v) is 5.53. The highest BCUT2D eigenvalue weighted by Crippen LogP contribution is 2.27. The summed E-state index contributed by atoms with van der Waals surface area (Å²) in [7, 11) is 0. The van der Waals surface area contributed by atoms with E-state index in [0.29, 0.717) is 25.5 Å². The van der Waals surface area contributed by atoms with Gasteiger partial charge in [0.2, 0.25) is 0 Å². The van der Waals surface area contributed by atoms with Gasteiger partial charge in [0, 0.05) is 13.2 Å². The third kappa shape index (κ3) is 3.88. The van der Waals surface area contributed by atoms with E-state index in [9.17, 15) is 19.3 Å². The minimum atomic E-state index is -1.49. The molecule has 8 heteroatoms. The van der Waals surface area contributed by atoms with Gasteiger partial charge in [0.25, 0.3) is 5.69 Å². The third-order valence-electron chi connectivity index (χ3n) is 2.41. The van der Waals surface area contributed by atoms with E-state index in [-0.39, 0.29) is 12.3 Å². The molecule has 0 amide bonds. The van der Waals surface area contributed by atoms with E-state index < -0.39 is 28.0 Å². The second-order valence-electron chi connectivity index (χ2n) is 3.77. The lowest BCUT2D eigenvalue weighted by Gasteiger charge is -2.08. The number of benzene rings is 1. The molecule has 7 nitrogen and oxygen atoms in total. The second-order valence-corrected chi connectivity index (χ2v) is 3.77. The van der Waals surface area contributed by atoms with Crippen LogP contribution < -0.4 is 5.32 Å². The maximum absolute atomic E-state index is 13.3. The molecule has 1 rings (SSSR count). The summed E-state index contributed by atoms with van der Waals surface area (Å²) in [6.45, 7) is 0.305. The fourth-order valence-corrected chi connectivity index (χ4v) is 1.48. The number of carboxylic acids is 1. The first kappa shape index (κ1) is 14.8. The molecule has 0 heterocycles. The standard InChI is InChI=1S/C11H13FN2O5/c12-8-6-10(14(18)19)9(5-7(8)11(16)17)13-3-1-2-4-15/h5-6,13,15H,1-4H2,(H,16,17). The van der Waals surface area contributed by atoms with E-state index in [1.165, 1.54) is 0 Å². The fourth-order valence-electron chi connectivity index (χ4n) is 1.48. The number of carbonyl (C=O) groups is 1. The van der Waals surface area contributed by atoms with E-state index in [1.807, 2.05) is 0 Å². The number of halogens is 1. The molecule has 0 aliphatic rings. The molecule has 0 radical (unpaired) electrons. The van der Waals surface area contributed by atoms with Crippen LogP contribution in [0.3, 0.4) is 0 Å². The number of unbranched alkanes of at least 4 members (excludes halogenated alkanes) is 1. The summed E-state index contributed by atoms with van der Waals surface area (Å²) < 4.78 is 13.3. The summed E-state index contributed by atoms with van der Waals surface area (Å²) in [6, 6.07) is 1.48. The third-order valence-corrected chi connectivity index (χ3v) is 2.41. The van der Waals surface area contributed by atoms with Gasteiger partial charge in [0.1, 0.15) is 11.5 Å². The number of anilines is 1. The van der Waals surface area contributed by atoms with Crippen molar-refractivity contribution in [3.63, 3.8) is 0 Å². The number of hydrogen-bond acceptors (Lipinski definition) is 5. The van der Waals surface area contributed by atoms with Crippen LogP contribution in [-0.4, -0.2) is 34.3 Å². The Morgan fingerprint density at radius 2 is 2.11 bits per heavy atom. The second kappa shape index (κ2) is 6.64. The average Bonchev–Trinajstić information content (AvgIpc) is 2.35. The molecule has 0 fully saturated rings. The van der Waals surface area contributed by atoms with Gasteiger partial charge in [-0.25, -0.2) is 9.18 Å². The first-order chi connectivity index (χ1) is 8.97. The average molecular weight is 272 g/mol. The Kier molecular flexibility index (Phi) is 5.19. The number of nitrogens with zero attached hydrogens (tertiary/aromatic N) is 1. The van der Waals surface area contributed by atoms with E-state index in [2.05, 4.69) is 5.32 Å². The monoisotopic (exact) mass is 272 g/mol. The number of nitro benzene ring substituents is 1. The van der Waals surface area contributed by atoms with Gasteiger partial charge in [-0.05, 0) is 18.9 Å². The molecule has 0 saturated heterocycles. The molecule has 0 bridgehead atoms. The van der Waals surface area contributed by atoms with Gasteiger partial charge in [-0.15, -0.1) is 0 Å². The molecular weight excluding hydrogens is 259 g/mol. The molecule has 104 valence electrons. The number of aliphatic hydroxyl groups excluding tert-OH is 1. The van der Waals surface area contributed by atoms with Crippen molar-refractivity contribution in [2.24, 2.45) is 0 Å². The van der Waals surface area contributed by atoms with Crippen LogP contribution in [0.5, 0.6) is 0 Å². The molecule has 1 aromatic carbocycles. The van der Waals surface area contributed by atoms with Crippen LogP contribution in [0.4, 0.5) is 15.8 Å². The van der Waals surface area contributed by atoms with E-state index in [0.717, 1.165) is 6.07 Å². The predicted molar refractivity (Wildman–Crippen MR) is 64.8 cm³/mol. The summed E-state index contributed by atoms with van der Waals surface area (Å²) in [5.74, 6) is -2.65. The van der Waals surface area contributed by atoms with Gasteiger partial charge in [0.05, 0.1) is 16.6 Å². The minimum Gasteiger partial charge on any atom is -0.478 e. The Balaban J connectivity index is 3.01. The maximum atomic E-state index is 13.3. The highest BCUT2D eigenvalue weighted by Gasteiger charge is 2.21. The SMILES string of the molecule is O=C(O)c1cc(NCCCCO)c([N+](=O)[O-])cc1F. The number of nitro groups is 1. The first-order valence-electron chi connectivity index (χ1n) is 5.53. The number of nitrogens with one attached hydrogen (secondary N) is 1. The van der Waals surface area contributed by atoms with Gasteiger partial charge in [-0.2, -0.15) is 0 Å². The lowest BCUT2D eigenvalue weighted by atomic mass is 10.1. The highest BCUT2D eigenvalue weighted by molar-refractivity contribution is 5.90. The Morgan fingerprint density at radius 3 is 2.63 bits per heavy atom. The molecule has 0 saturated carbocycles. The Morgan fingerprint density at radius 1 is 1.42 bits per heavy atom. The number of aromatic carboxylic acids is 1. The normalized spacial score (nSPS) is 10.2. The van der Waals surface area contributed by atoms with Gasteiger partial charge in [0.15, 0.2) is 0 Å². The van der Waals surface area contributed by atoms with Crippen LogP contribution in [0.2, 0.25) is 0 Å². The summed E-state index contributed by atoms with van der Waals surface area (Å²) >= 11 is 0. The molecule has 0 aliphatic carbocycles. The van der Waals surface area contributed by atoms with Crippen molar-refractivity contribution in [1.29, 1.82) is 0 Å². The van der Waals surface area contributed by atoms with Crippen molar-refractivity contribution in [3.8, 4) is 0 Å². The summed E-state index contributed by atoms with van der Waals surface area (Å²) in [5, 5.41) is 30.8. The van der Waals surface area contributed by atoms with Gasteiger partial charge < -0.3 is 15.5 Å². The van der Waals surface area contributed by atoms with Crippen LogP contribution in [0, 0.1) is 15.9 Å². The van der Waals surface area contributed by atoms with E-state index in [4.69, 9.17) is 10.2 Å². The minimum absolute atomic E-state index is 0.00638. The summed E-state index contributed by atoms with van der Waals surface area (Å²) in [6.07, 6.45) is 1.06. The van der Waals surface area contributed by atoms with Crippen molar-refractivity contribution < 1.29 is 24.3 Å². The van der Waals surface area contributed by atoms with Crippen LogP contribution in [0.1, 0.15) is 23.2 Å². The molecule has 0 spiro atoms. The lowest BCUT2D eigenvalue weighted by Crippen LogP contribution is -2.08. The van der Waals surface area contributed by atoms with Crippen molar-refractivity contribution in [1.82, 2.24) is 0 Å². The largest absolute Gasteiger partial charge is 0.478 e. The van der Waals surface area contributed by atoms with Crippen molar-refractivity contribution in [2.45, 2.75) is 12.8 Å². The van der Waals surface area contributed by atoms with Crippen molar-refractivity contribution >= 4 is 17.3 Å². The number of aliphatic hydroxyl groups is 1. The number of rotatable bonds is 7. The van der Waals surface area contributed by atoms with Gasteiger partial charge >= 0.3 is 5.97 Å². The molecule has 3 N–H and O–H groups in total. The fraction of sp³-hybridized carbons (Fsp3) is 0.364. The zero-order chi connectivity index (χ0) is 14.4. The molecular formula is C11H13FN2O5. The summed E-state index contributed by atoms with van der Waals surface area (Å²) in [5.41, 5.74) is -1.21. The molecule has 0 aliphatic heterocycles. The topological polar surface area (TPSA) is 113 Å². The van der Waals surface area contributed by atoms with Gasteiger partial charge in [-0.1, -0.05) is 0 Å². The lowest BCUT2D eigenvalue weighted by molar-refractivity contribution is -0.384. The van der Waals surface area contributed by atoms with Crippen LogP contribution in [0.25, 0.3) is 0 Å². The maximum Gasteiger partial charge on any atom is 0.338 e. The van der Waals surface area contributed by atoms with Crippen molar-refractivity contribution in [2.75, 3.05) is 18.5 Å². The zero-order valence-electron chi connectivity index (χ0n) is 9.93. The number of hydrogen-bond donors (Lipinski definition) is 3. The Bertz CT molecular complexity index is 492.